The molecule has 0 amide bonds. The summed E-state index contributed by atoms with van der Waals surface area (Å²) in [6.45, 7) is 6.96. The number of aromatic nitrogens is 2. The molecule has 4 heteroatoms. The SMILES string of the molecule is Cc1ccc(Cc2ccccn2)cc1NCc1cc(C(C)C)no1. The van der Waals surface area contributed by atoms with Crippen LogP contribution < -0.4 is 5.32 Å². The van der Waals surface area contributed by atoms with E-state index in [-0.39, 0.29) is 0 Å². The molecule has 1 N–H and O–H groups in total. The molecule has 0 saturated carbocycles. The van der Waals surface area contributed by atoms with Crippen LogP contribution >= 0.6 is 0 Å². The van der Waals surface area contributed by atoms with Crippen molar-refractivity contribution >= 4 is 5.69 Å². The lowest BCUT2D eigenvalue weighted by molar-refractivity contribution is 0.379. The fourth-order valence-corrected chi connectivity index (χ4v) is 2.55. The van der Waals surface area contributed by atoms with Gasteiger partial charge in [0.25, 0.3) is 0 Å². The highest BCUT2D eigenvalue weighted by Crippen LogP contribution is 2.20. The van der Waals surface area contributed by atoms with Gasteiger partial charge in [-0.1, -0.05) is 37.2 Å². The summed E-state index contributed by atoms with van der Waals surface area (Å²) in [5, 5.41) is 7.55. The Morgan fingerprint density at radius 2 is 2.00 bits per heavy atom. The molecule has 0 fully saturated rings. The Bertz CT molecular complexity index is 794. The van der Waals surface area contributed by atoms with Crippen molar-refractivity contribution in [2.75, 3.05) is 5.32 Å². The van der Waals surface area contributed by atoms with Crippen LogP contribution in [0, 0.1) is 6.92 Å². The second kappa shape index (κ2) is 7.30. The van der Waals surface area contributed by atoms with Crippen LogP contribution in [-0.2, 0) is 13.0 Å². The number of pyridine rings is 1. The summed E-state index contributed by atoms with van der Waals surface area (Å²) in [6, 6.07) is 14.5. The Morgan fingerprint density at radius 1 is 1.12 bits per heavy atom. The molecule has 0 bridgehead atoms. The van der Waals surface area contributed by atoms with Crippen molar-refractivity contribution < 1.29 is 4.52 Å². The molecule has 24 heavy (non-hydrogen) atoms. The smallest absolute Gasteiger partial charge is 0.156 e. The van der Waals surface area contributed by atoms with Crippen LogP contribution in [0.4, 0.5) is 5.69 Å². The topological polar surface area (TPSA) is 51.0 Å². The maximum absolute atomic E-state index is 5.39. The third-order valence-electron chi connectivity index (χ3n) is 4.04. The fraction of sp³-hybridized carbons (Fsp3) is 0.300. The van der Waals surface area contributed by atoms with Crippen LogP contribution in [-0.4, -0.2) is 10.1 Å². The molecule has 0 atom stereocenters. The highest BCUT2D eigenvalue weighted by atomic mass is 16.5. The highest BCUT2D eigenvalue weighted by molar-refractivity contribution is 5.53. The summed E-state index contributed by atoms with van der Waals surface area (Å²) in [5.74, 6) is 1.24. The Labute approximate surface area is 142 Å². The van der Waals surface area contributed by atoms with Crippen molar-refractivity contribution in [2.24, 2.45) is 0 Å². The minimum atomic E-state index is 0.380. The summed E-state index contributed by atoms with van der Waals surface area (Å²) in [6.07, 6.45) is 2.66. The van der Waals surface area contributed by atoms with Crippen molar-refractivity contribution in [2.45, 2.75) is 39.7 Å². The van der Waals surface area contributed by atoms with Gasteiger partial charge >= 0.3 is 0 Å². The number of hydrogen-bond acceptors (Lipinski definition) is 4. The maximum atomic E-state index is 5.39. The number of nitrogens with one attached hydrogen (secondary N) is 1. The van der Waals surface area contributed by atoms with E-state index < -0.39 is 0 Å². The Balaban J connectivity index is 1.69. The van der Waals surface area contributed by atoms with E-state index in [1.165, 1.54) is 11.1 Å². The predicted octanol–water partition coefficient (Wildman–Crippen LogP) is 4.70. The number of nitrogens with zero attached hydrogens (tertiary/aromatic N) is 2. The van der Waals surface area contributed by atoms with E-state index in [9.17, 15) is 0 Å². The largest absolute Gasteiger partial charge is 0.377 e. The molecule has 3 aromatic rings. The van der Waals surface area contributed by atoms with Crippen molar-refractivity contribution in [1.29, 1.82) is 0 Å². The van der Waals surface area contributed by atoms with Crippen molar-refractivity contribution in [1.82, 2.24) is 10.1 Å². The van der Waals surface area contributed by atoms with Gasteiger partial charge in [-0.25, -0.2) is 0 Å². The molecular formula is C20H23N3O. The molecular weight excluding hydrogens is 298 g/mol. The molecule has 0 radical (unpaired) electrons. The van der Waals surface area contributed by atoms with Crippen LogP contribution in [0.5, 0.6) is 0 Å². The van der Waals surface area contributed by atoms with Crippen molar-refractivity contribution in [3.63, 3.8) is 0 Å². The summed E-state index contributed by atoms with van der Waals surface area (Å²) < 4.78 is 5.39. The average molecular weight is 321 g/mol. The molecule has 4 nitrogen and oxygen atoms in total. The molecule has 1 aromatic carbocycles. The van der Waals surface area contributed by atoms with Gasteiger partial charge < -0.3 is 9.84 Å². The van der Waals surface area contributed by atoms with E-state index in [1.54, 1.807) is 0 Å². The van der Waals surface area contributed by atoms with Gasteiger partial charge in [0.15, 0.2) is 5.76 Å². The summed E-state index contributed by atoms with van der Waals surface area (Å²) >= 11 is 0. The van der Waals surface area contributed by atoms with Gasteiger partial charge in [-0.05, 0) is 42.2 Å². The third-order valence-corrected chi connectivity index (χ3v) is 4.04. The van der Waals surface area contributed by atoms with Crippen molar-refractivity contribution in [3.05, 3.63) is 76.9 Å². The molecule has 3 rings (SSSR count). The Hall–Kier alpha value is -2.62. The number of hydrogen-bond donors (Lipinski definition) is 1. The minimum Gasteiger partial charge on any atom is -0.377 e. The molecule has 0 saturated heterocycles. The second-order valence-corrected chi connectivity index (χ2v) is 6.37. The Kier molecular flexibility index (Phi) is 4.94. The molecule has 2 aromatic heterocycles. The average Bonchev–Trinajstić information content (AvgIpc) is 3.06. The number of anilines is 1. The molecule has 124 valence electrons. The fourth-order valence-electron chi connectivity index (χ4n) is 2.55. The first kappa shape index (κ1) is 16.2. The van der Waals surface area contributed by atoms with Crippen LogP contribution in [0.25, 0.3) is 0 Å². The Morgan fingerprint density at radius 3 is 2.71 bits per heavy atom. The van der Waals surface area contributed by atoms with Gasteiger partial charge in [0.1, 0.15) is 0 Å². The zero-order valence-electron chi connectivity index (χ0n) is 14.4. The number of aryl methyl sites for hydroxylation is 1. The first-order valence-electron chi connectivity index (χ1n) is 8.30. The zero-order chi connectivity index (χ0) is 16.9. The first-order valence-corrected chi connectivity index (χ1v) is 8.30. The van der Waals surface area contributed by atoms with Gasteiger partial charge in [0.2, 0.25) is 0 Å². The lowest BCUT2D eigenvalue weighted by Gasteiger charge is -2.10. The number of benzene rings is 1. The van der Waals surface area contributed by atoms with E-state index in [4.69, 9.17) is 4.52 Å². The molecule has 0 aliphatic carbocycles. The van der Waals surface area contributed by atoms with Crippen LogP contribution in [0.2, 0.25) is 0 Å². The molecule has 2 heterocycles. The lowest BCUT2D eigenvalue weighted by atomic mass is 10.1. The van der Waals surface area contributed by atoms with E-state index in [2.05, 4.69) is 60.5 Å². The normalized spacial score (nSPS) is 11.0. The second-order valence-electron chi connectivity index (χ2n) is 6.37. The molecule has 0 unspecified atom stereocenters. The van der Waals surface area contributed by atoms with E-state index in [1.807, 2.05) is 24.4 Å². The molecule has 0 aliphatic rings. The van der Waals surface area contributed by atoms with E-state index in [0.29, 0.717) is 12.5 Å². The van der Waals surface area contributed by atoms with E-state index >= 15 is 0 Å². The van der Waals surface area contributed by atoms with Gasteiger partial charge in [0.05, 0.1) is 12.2 Å². The lowest BCUT2D eigenvalue weighted by Crippen LogP contribution is -2.01. The van der Waals surface area contributed by atoms with Crippen LogP contribution in [0.15, 0.2) is 53.2 Å². The summed E-state index contributed by atoms with van der Waals surface area (Å²) in [5.41, 5.74) is 5.63. The number of rotatable bonds is 6. The van der Waals surface area contributed by atoms with E-state index in [0.717, 1.165) is 29.3 Å². The van der Waals surface area contributed by atoms with Gasteiger partial charge in [-0.2, -0.15) is 0 Å². The highest BCUT2D eigenvalue weighted by Gasteiger charge is 2.08. The zero-order valence-corrected chi connectivity index (χ0v) is 14.4. The maximum Gasteiger partial charge on any atom is 0.156 e. The minimum absolute atomic E-state index is 0.380. The summed E-state index contributed by atoms with van der Waals surface area (Å²) in [4.78, 5) is 4.40. The quantitative estimate of drug-likeness (QED) is 0.714. The molecule has 0 aliphatic heterocycles. The van der Waals surface area contributed by atoms with Gasteiger partial charge in [-0.3, -0.25) is 4.98 Å². The van der Waals surface area contributed by atoms with Crippen molar-refractivity contribution in [3.8, 4) is 0 Å². The third kappa shape index (κ3) is 4.02. The van der Waals surface area contributed by atoms with Crippen LogP contribution in [0.1, 0.15) is 48.0 Å². The first-order chi connectivity index (χ1) is 11.6. The van der Waals surface area contributed by atoms with Gasteiger partial charge in [0, 0.05) is 30.1 Å². The monoisotopic (exact) mass is 321 g/mol. The van der Waals surface area contributed by atoms with Gasteiger partial charge in [-0.15, -0.1) is 0 Å². The standard InChI is InChI=1S/C20H23N3O/c1-14(2)19-12-18(24-23-19)13-22-20-11-16(8-7-15(20)3)10-17-6-4-5-9-21-17/h4-9,11-12,14,22H,10,13H2,1-3H3. The summed E-state index contributed by atoms with van der Waals surface area (Å²) in [7, 11) is 0. The van der Waals surface area contributed by atoms with Crippen LogP contribution in [0.3, 0.4) is 0 Å². The predicted molar refractivity (Wildman–Crippen MR) is 96.1 cm³/mol. The molecule has 0 spiro atoms.